The quantitative estimate of drug-likeness (QED) is 0.664. The summed E-state index contributed by atoms with van der Waals surface area (Å²) in [6, 6.07) is 0.576. The van der Waals surface area contributed by atoms with E-state index in [0.717, 1.165) is 29.9 Å². The molecule has 4 nitrogen and oxygen atoms in total. The first-order valence-corrected chi connectivity index (χ1v) is 8.80. The van der Waals surface area contributed by atoms with Crippen molar-refractivity contribution in [1.29, 1.82) is 0 Å². The number of hydrogen-bond donors (Lipinski definition) is 2. The van der Waals surface area contributed by atoms with Crippen LogP contribution in [0.4, 0.5) is 0 Å². The first-order chi connectivity index (χ1) is 10.1. The van der Waals surface area contributed by atoms with E-state index in [-0.39, 0.29) is 0 Å². The van der Waals surface area contributed by atoms with Gasteiger partial charge in [-0.3, -0.25) is 4.99 Å². The van der Waals surface area contributed by atoms with E-state index in [4.69, 9.17) is 0 Å². The van der Waals surface area contributed by atoms with Gasteiger partial charge in [0.1, 0.15) is 0 Å². The summed E-state index contributed by atoms with van der Waals surface area (Å²) < 4.78 is 0. The van der Waals surface area contributed by atoms with E-state index < -0.39 is 0 Å². The molecule has 0 bridgehead atoms. The SMILES string of the molecule is CN=C(NCCc1sc(C)nc1C)NC1CCCC(C)C1. The molecule has 1 aromatic heterocycles. The van der Waals surface area contributed by atoms with Crippen LogP contribution >= 0.6 is 11.3 Å². The van der Waals surface area contributed by atoms with Crippen LogP contribution in [-0.4, -0.2) is 30.6 Å². The highest BCUT2D eigenvalue weighted by atomic mass is 32.1. The fraction of sp³-hybridized carbons (Fsp3) is 0.750. The maximum Gasteiger partial charge on any atom is 0.191 e. The van der Waals surface area contributed by atoms with Gasteiger partial charge in [-0.1, -0.05) is 19.8 Å². The zero-order valence-corrected chi connectivity index (χ0v) is 14.5. The second kappa shape index (κ2) is 7.78. The van der Waals surface area contributed by atoms with Gasteiger partial charge in [-0.05, 0) is 32.6 Å². The standard InChI is InChI=1S/C16H28N4S/c1-11-6-5-7-14(10-11)20-16(17-4)18-9-8-15-12(2)19-13(3)21-15/h11,14H,5-10H2,1-4H3,(H2,17,18,20). The molecule has 0 saturated heterocycles. The molecule has 118 valence electrons. The van der Waals surface area contributed by atoms with Gasteiger partial charge >= 0.3 is 0 Å². The van der Waals surface area contributed by atoms with Gasteiger partial charge in [0.25, 0.3) is 0 Å². The molecule has 2 N–H and O–H groups in total. The van der Waals surface area contributed by atoms with E-state index in [1.54, 1.807) is 11.3 Å². The van der Waals surface area contributed by atoms with Crippen LogP contribution in [0.3, 0.4) is 0 Å². The molecule has 0 aliphatic heterocycles. The Balaban J connectivity index is 1.76. The van der Waals surface area contributed by atoms with Crippen LogP contribution in [0.5, 0.6) is 0 Å². The van der Waals surface area contributed by atoms with Gasteiger partial charge in [-0.25, -0.2) is 4.98 Å². The average molecular weight is 308 g/mol. The second-order valence-corrected chi connectivity index (χ2v) is 7.39. The Bertz CT molecular complexity index is 481. The average Bonchev–Trinajstić information content (AvgIpc) is 2.76. The van der Waals surface area contributed by atoms with Crippen molar-refractivity contribution in [2.24, 2.45) is 10.9 Å². The van der Waals surface area contributed by atoms with Gasteiger partial charge in [0.05, 0.1) is 10.7 Å². The predicted octanol–water partition coefficient (Wildman–Crippen LogP) is 3.05. The molecular weight excluding hydrogens is 280 g/mol. The summed E-state index contributed by atoms with van der Waals surface area (Å²) in [5.74, 6) is 1.77. The van der Waals surface area contributed by atoms with Crippen molar-refractivity contribution in [3.05, 3.63) is 15.6 Å². The van der Waals surface area contributed by atoms with Crippen LogP contribution in [0, 0.1) is 19.8 Å². The molecule has 1 aromatic rings. The van der Waals surface area contributed by atoms with Gasteiger partial charge in [0.15, 0.2) is 5.96 Å². The monoisotopic (exact) mass is 308 g/mol. The summed E-state index contributed by atoms with van der Waals surface area (Å²) in [5, 5.41) is 8.16. The van der Waals surface area contributed by atoms with Crippen molar-refractivity contribution >= 4 is 17.3 Å². The highest BCUT2D eigenvalue weighted by molar-refractivity contribution is 7.11. The Hall–Kier alpha value is -1.10. The van der Waals surface area contributed by atoms with E-state index in [2.05, 4.69) is 41.4 Å². The van der Waals surface area contributed by atoms with Crippen molar-refractivity contribution in [2.45, 2.75) is 58.9 Å². The van der Waals surface area contributed by atoms with Gasteiger partial charge in [0.2, 0.25) is 0 Å². The molecule has 5 heteroatoms. The Labute approximate surface area is 132 Å². The lowest BCUT2D eigenvalue weighted by molar-refractivity contribution is 0.324. The van der Waals surface area contributed by atoms with Crippen LogP contribution in [0.1, 0.15) is 48.2 Å². The molecule has 2 rings (SSSR count). The molecule has 1 saturated carbocycles. The molecule has 2 unspecified atom stereocenters. The van der Waals surface area contributed by atoms with Crippen molar-refractivity contribution in [3.63, 3.8) is 0 Å². The molecule has 1 heterocycles. The lowest BCUT2D eigenvalue weighted by Gasteiger charge is -2.28. The fourth-order valence-corrected chi connectivity index (χ4v) is 3.99. The lowest BCUT2D eigenvalue weighted by atomic mass is 9.87. The number of hydrogen-bond acceptors (Lipinski definition) is 3. The van der Waals surface area contributed by atoms with Crippen molar-refractivity contribution < 1.29 is 0 Å². The van der Waals surface area contributed by atoms with Crippen LogP contribution in [0.15, 0.2) is 4.99 Å². The Morgan fingerprint density at radius 1 is 1.38 bits per heavy atom. The third-order valence-corrected chi connectivity index (χ3v) is 5.28. The number of thiazole rings is 1. The lowest BCUT2D eigenvalue weighted by Crippen LogP contribution is -2.45. The molecule has 0 amide bonds. The number of nitrogens with zero attached hydrogens (tertiary/aromatic N) is 2. The second-order valence-electron chi connectivity index (χ2n) is 6.10. The van der Waals surface area contributed by atoms with Crippen LogP contribution in [0.2, 0.25) is 0 Å². The number of rotatable bonds is 4. The minimum absolute atomic E-state index is 0.576. The Morgan fingerprint density at radius 3 is 2.81 bits per heavy atom. The largest absolute Gasteiger partial charge is 0.356 e. The number of guanidine groups is 1. The van der Waals surface area contributed by atoms with E-state index in [1.165, 1.54) is 36.3 Å². The molecular formula is C16H28N4S. The summed E-state index contributed by atoms with van der Waals surface area (Å²) in [6.45, 7) is 7.41. The summed E-state index contributed by atoms with van der Waals surface area (Å²) in [4.78, 5) is 10.2. The molecule has 0 aromatic carbocycles. The number of aromatic nitrogens is 1. The number of aryl methyl sites for hydroxylation is 2. The molecule has 1 aliphatic carbocycles. The normalized spacial score (nSPS) is 23.1. The van der Waals surface area contributed by atoms with Gasteiger partial charge in [0, 0.05) is 30.9 Å². The van der Waals surface area contributed by atoms with Gasteiger partial charge in [-0.15, -0.1) is 11.3 Å². The van der Waals surface area contributed by atoms with Crippen LogP contribution in [0.25, 0.3) is 0 Å². The van der Waals surface area contributed by atoms with Crippen LogP contribution < -0.4 is 10.6 Å². The summed E-state index contributed by atoms with van der Waals surface area (Å²) in [7, 11) is 1.85. The predicted molar refractivity (Wildman–Crippen MR) is 91.2 cm³/mol. The smallest absolute Gasteiger partial charge is 0.191 e. The maximum absolute atomic E-state index is 4.48. The zero-order chi connectivity index (χ0) is 15.2. The van der Waals surface area contributed by atoms with Gasteiger partial charge < -0.3 is 10.6 Å². The molecule has 2 atom stereocenters. The Morgan fingerprint density at radius 2 is 2.19 bits per heavy atom. The molecule has 21 heavy (non-hydrogen) atoms. The maximum atomic E-state index is 4.48. The van der Waals surface area contributed by atoms with Crippen molar-refractivity contribution in [3.8, 4) is 0 Å². The highest BCUT2D eigenvalue weighted by Gasteiger charge is 2.19. The molecule has 1 fully saturated rings. The molecule has 1 aliphatic rings. The summed E-state index contributed by atoms with van der Waals surface area (Å²) in [5.41, 5.74) is 1.17. The third kappa shape index (κ3) is 4.99. The topological polar surface area (TPSA) is 49.3 Å². The Kier molecular flexibility index (Phi) is 6.03. The fourth-order valence-electron chi connectivity index (χ4n) is 3.05. The molecule has 0 spiro atoms. The summed E-state index contributed by atoms with van der Waals surface area (Å²) in [6.07, 6.45) is 6.23. The van der Waals surface area contributed by atoms with Crippen molar-refractivity contribution in [2.75, 3.05) is 13.6 Å². The minimum atomic E-state index is 0.576. The number of nitrogens with one attached hydrogen (secondary N) is 2. The van der Waals surface area contributed by atoms with Crippen LogP contribution in [-0.2, 0) is 6.42 Å². The third-order valence-electron chi connectivity index (χ3n) is 4.14. The van der Waals surface area contributed by atoms with E-state index >= 15 is 0 Å². The molecule has 0 radical (unpaired) electrons. The van der Waals surface area contributed by atoms with Gasteiger partial charge in [-0.2, -0.15) is 0 Å². The first-order valence-electron chi connectivity index (χ1n) is 7.98. The summed E-state index contributed by atoms with van der Waals surface area (Å²) >= 11 is 1.80. The van der Waals surface area contributed by atoms with E-state index in [1.807, 2.05) is 7.05 Å². The first kappa shape index (κ1) is 16.3. The highest BCUT2D eigenvalue weighted by Crippen LogP contribution is 2.23. The number of aliphatic imine (C=N–C) groups is 1. The zero-order valence-electron chi connectivity index (χ0n) is 13.7. The van der Waals surface area contributed by atoms with Crippen molar-refractivity contribution in [1.82, 2.24) is 15.6 Å². The minimum Gasteiger partial charge on any atom is -0.356 e. The van der Waals surface area contributed by atoms with E-state index in [9.17, 15) is 0 Å². The van der Waals surface area contributed by atoms with E-state index in [0.29, 0.717) is 6.04 Å².